The molecular formula is C24H19BrClN3O3. The Kier molecular flexibility index (Phi) is 5.39. The SMILES string of the molecule is COc1ccc(CN2C(=O)CCC(n3c4ccc(Br)cc4c4ccc(Cl)nc43)C2=O)cc1. The molecule has 8 heteroatoms. The third kappa shape index (κ3) is 3.55. The van der Waals surface area contributed by atoms with Crippen LogP contribution < -0.4 is 4.74 Å². The topological polar surface area (TPSA) is 64.4 Å². The van der Waals surface area contributed by atoms with Gasteiger partial charge in [-0.25, -0.2) is 4.98 Å². The summed E-state index contributed by atoms with van der Waals surface area (Å²) in [6, 6.07) is 16.4. The number of hydrogen-bond donors (Lipinski definition) is 0. The zero-order valence-electron chi connectivity index (χ0n) is 17.2. The van der Waals surface area contributed by atoms with Gasteiger partial charge in [0.05, 0.1) is 19.2 Å². The molecule has 1 unspecified atom stereocenters. The van der Waals surface area contributed by atoms with Crippen LogP contribution in [0.3, 0.4) is 0 Å². The van der Waals surface area contributed by atoms with Gasteiger partial charge in [-0.1, -0.05) is 39.7 Å². The van der Waals surface area contributed by atoms with Gasteiger partial charge in [-0.2, -0.15) is 0 Å². The third-order valence-corrected chi connectivity index (χ3v) is 6.58. The summed E-state index contributed by atoms with van der Waals surface area (Å²) in [5.41, 5.74) is 2.39. The first-order valence-electron chi connectivity index (χ1n) is 10.2. The number of carbonyl (C=O) groups is 2. The number of carbonyl (C=O) groups excluding carboxylic acids is 2. The molecule has 1 atom stereocenters. The summed E-state index contributed by atoms with van der Waals surface area (Å²) in [4.78, 5) is 32.2. The molecule has 1 saturated heterocycles. The first-order chi connectivity index (χ1) is 15.5. The van der Waals surface area contributed by atoms with Crippen LogP contribution in [-0.4, -0.2) is 33.4 Å². The van der Waals surface area contributed by atoms with E-state index in [2.05, 4.69) is 20.9 Å². The van der Waals surface area contributed by atoms with Crippen LogP contribution >= 0.6 is 27.5 Å². The van der Waals surface area contributed by atoms with Gasteiger partial charge in [0.1, 0.15) is 22.6 Å². The average Bonchev–Trinajstić information content (AvgIpc) is 3.09. The molecule has 32 heavy (non-hydrogen) atoms. The number of methoxy groups -OCH3 is 1. The van der Waals surface area contributed by atoms with Crippen LogP contribution in [0, 0.1) is 0 Å². The summed E-state index contributed by atoms with van der Waals surface area (Å²) >= 11 is 9.75. The van der Waals surface area contributed by atoms with Gasteiger partial charge < -0.3 is 9.30 Å². The molecule has 3 heterocycles. The van der Waals surface area contributed by atoms with Crippen molar-refractivity contribution in [1.29, 1.82) is 0 Å². The molecule has 0 aliphatic carbocycles. The predicted octanol–water partition coefficient (Wildman–Crippen LogP) is 5.50. The van der Waals surface area contributed by atoms with E-state index in [1.54, 1.807) is 13.2 Å². The number of benzene rings is 2. The molecule has 2 aromatic heterocycles. The number of ether oxygens (including phenoxy) is 1. The van der Waals surface area contributed by atoms with Crippen LogP contribution in [0.25, 0.3) is 21.9 Å². The van der Waals surface area contributed by atoms with Crippen molar-refractivity contribution in [2.75, 3.05) is 7.11 Å². The van der Waals surface area contributed by atoms with Crippen LogP contribution in [0.4, 0.5) is 0 Å². The van der Waals surface area contributed by atoms with Crippen molar-refractivity contribution in [2.24, 2.45) is 0 Å². The van der Waals surface area contributed by atoms with E-state index in [1.165, 1.54) is 4.90 Å². The lowest BCUT2D eigenvalue weighted by atomic mass is 10.0. The van der Waals surface area contributed by atoms with Gasteiger partial charge in [0.2, 0.25) is 5.91 Å². The van der Waals surface area contributed by atoms with Gasteiger partial charge in [-0.3, -0.25) is 14.5 Å². The number of nitrogens with zero attached hydrogens (tertiary/aromatic N) is 3. The Balaban J connectivity index is 1.58. The minimum atomic E-state index is -0.543. The van der Waals surface area contributed by atoms with Crippen molar-refractivity contribution in [3.05, 3.63) is 69.8 Å². The molecule has 2 amide bonds. The highest BCUT2D eigenvalue weighted by molar-refractivity contribution is 9.10. The van der Waals surface area contributed by atoms with Gasteiger partial charge in [-0.05, 0) is 54.4 Å². The third-order valence-electron chi connectivity index (χ3n) is 5.87. The van der Waals surface area contributed by atoms with Crippen molar-refractivity contribution in [1.82, 2.24) is 14.5 Å². The molecule has 4 aromatic rings. The second-order valence-corrected chi connectivity index (χ2v) is 9.06. The van der Waals surface area contributed by atoms with Crippen molar-refractivity contribution in [3.8, 4) is 5.75 Å². The van der Waals surface area contributed by atoms with Gasteiger partial charge in [0.15, 0.2) is 0 Å². The fraction of sp³-hybridized carbons (Fsp3) is 0.208. The van der Waals surface area contributed by atoms with Crippen molar-refractivity contribution >= 4 is 61.3 Å². The lowest BCUT2D eigenvalue weighted by molar-refractivity contribution is -0.151. The van der Waals surface area contributed by atoms with Gasteiger partial charge in [0.25, 0.3) is 5.91 Å². The summed E-state index contributed by atoms with van der Waals surface area (Å²) in [5, 5.41) is 2.25. The summed E-state index contributed by atoms with van der Waals surface area (Å²) in [5.74, 6) is 0.319. The molecule has 0 saturated carbocycles. The number of piperidine rings is 1. The fourth-order valence-electron chi connectivity index (χ4n) is 4.32. The first kappa shape index (κ1) is 21.0. The van der Waals surface area contributed by atoms with Crippen LogP contribution in [-0.2, 0) is 16.1 Å². The Morgan fingerprint density at radius 2 is 1.88 bits per heavy atom. The Morgan fingerprint density at radius 3 is 2.62 bits per heavy atom. The largest absolute Gasteiger partial charge is 0.497 e. The molecule has 0 spiro atoms. The van der Waals surface area contributed by atoms with Crippen LogP contribution in [0.15, 0.2) is 59.1 Å². The van der Waals surface area contributed by atoms with E-state index in [-0.39, 0.29) is 24.8 Å². The zero-order chi connectivity index (χ0) is 22.4. The van der Waals surface area contributed by atoms with Crippen molar-refractivity contribution in [2.45, 2.75) is 25.4 Å². The molecule has 5 rings (SSSR count). The molecule has 0 bridgehead atoms. The van der Waals surface area contributed by atoms with E-state index < -0.39 is 6.04 Å². The second kappa shape index (κ2) is 8.22. The Labute approximate surface area is 197 Å². The highest BCUT2D eigenvalue weighted by Gasteiger charge is 2.37. The van der Waals surface area contributed by atoms with E-state index in [0.717, 1.165) is 32.1 Å². The highest BCUT2D eigenvalue weighted by Crippen LogP contribution is 2.37. The molecule has 6 nitrogen and oxygen atoms in total. The Morgan fingerprint density at radius 1 is 1.09 bits per heavy atom. The molecule has 1 fully saturated rings. The Bertz CT molecular complexity index is 1370. The van der Waals surface area contributed by atoms with Gasteiger partial charge >= 0.3 is 0 Å². The van der Waals surface area contributed by atoms with Crippen LogP contribution in [0.2, 0.25) is 5.15 Å². The van der Waals surface area contributed by atoms with Gasteiger partial charge in [-0.15, -0.1) is 0 Å². The standard InChI is InChI=1S/C24H19BrClN3O3/c1-32-16-5-2-14(3-6-16)13-28-22(30)11-9-20(24(28)31)29-19-8-4-15(25)12-18(19)17-7-10-21(26)27-23(17)29/h2-8,10,12,20H,9,11,13H2,1H3. The average molecular weight is 513 g/mol. The van der Waals surface area contributed by atoms with E-state index in [4.69, 9.17) is 16.3 Å². The van der Waals surface area contributed by atoms with E-state index in [0.29, 0.717) is 17.2 Å². The predicted molar refractivity (Wildman–Crippen MR) is 127 cm³/mol. The van der Waals surface area contributed by atoms with E-state index >= 15 is 0 Å². The Hall–Kier alpha value is -2.90. The molecule has 1 aliphatic rings. The first-order valence-corrected chi connectivity index (χ1v) is 11.4. The molecule has 0 radical (unpaired) electrons. The minimum absolute atomic E-state index is 0.170. The maximum atomic E-state index is 13.6. The fourth-order valence-corrected chi connectivity index (χ4v) is 4.83. The number of pyridine rings is 1. The van der Waals surface area contributed by atoms with Crippen LogP contribution in [0.1, 0.15) is 24.4 Å². The number of amides is 2. The maximum absolute atomic E-state index is 13.6. The monoisotopic (exact) mass is 511 g/mol. The highest BCUT2D eigenvalue weighted by atomic mass is 79.9. The molecule has 2 aromatic carbocycles. The summed E-state index contributed by atoms with van der Waals surface area (Å²) in [7, 11) is 1.60. The van der Waals surface area contributed by atoms with Crippen molar-refractivity contribution < 1.29 is 14.3 Å². The number of halogens is 2. The number of fused-ring (bicyclic) bond motifs is 3. The zero-order valence-corrected chi connectivity index (χ0v) is 19.6. The van der Waals surface area contributed by atoms with Crippen molar-refractivity contribution in [3.63, 3.8) is 0 Å². The lowest BCUT2D eigenvalue weighted by Crippen LogP contribution is -2.45. The normalized spacial score (nSPS) is 16.8. The smallest absolute Gasteiger partial charge is 0.252 e. The number of hydrogen-bond acceptors (Lipinski definition) is 4. The molecular weight excluding hydrogens is 494 g/mol. The van der Waals surface area contributed by atoms with Crippen LogP contribution in [0.5, 0.6) is 5.75 Å². The minimum Gasteiger partial charge on any atom is -0.497 e. The quantitative estimate of drug-likeness (QED) is 0.267. The molecule has 1 aliphatic heterocycles. The summed E-state index contributed by atoms with van der Waals surface area (Å²) in [6.07, 6.45) is 0.699. The summed E-state index contributed by atoms with van der Waals surface area (Å²) in [6.45, 7) is 0.217. The maximum Gasteiger partial charge on any atom is 0.252 e. The second-order valence-electron chi connectivity index (χ2n) is 7.76. The number of imide groups is 1. The number of aromatic nitrogens is 2. The van der Waals surface area contributed by atoms with E-state index in [1.807, 2.05) is 53.1 Å². The number of likely N-dealkylation sites (tertiary alicyclic amines) is 1. The molecule has 162 valence electrons. The summed E-state index contributed by atoms with van der Waals surface area (Å²) < 4.78 is 8.06. The van der Waals surface area contributed by atoms with Gasteiger partial charge in [0, 0.05) is 21.7 Å². The molecule has 0 N–H and O–H groups in total. The number of rotatable bonds is 4. The lowest BCUT2D eigenvalue weighted by Gasteiger charge is -2.32. The van der Waals surface area contributed by atoms with E-state index in [9.17, 15) is 9.59 Å².